The van der Waals surface area contributed by atoms with Gasteiger partial charge in [0.1, 0.15) is 11.6 Å². The molecule has 6 nitrogen and oxygen atoms in total. The summed E-state index contributed by atoms with van der Waals surface area (Å²) in [5, 5.41) is 2.81. The Bertz CT molecular complexity index is 1200. The number of benzene rings is 3. The van der Waals surface area contributed by atoms with Crippen LogP contribution in [0.2, 0.25) is 0 Å². The Morgan fingerprint density at radius 2 is 1.72 bits per heavy atom. The van der Waals surface area contributed by atoms with E-state index in [0.29, 0.717) is 36.8 Å². The highest BCUT2D eigenvalue weighted by Gasteiger charge is 2.35. The van der Waals surface area contributed by atoms with E-state index in [-0.39, 0.29) is 24.1 Å². The van der Waals surface area contributed by atoms with E-state index in [4.69, 9.17) is 4.74 Å². The number of ether oxygens (including phenoxy) is 1. The van der Waals surface area contributed by atoms with Crippen molar-refractivity contribution < 1.29 is 18.7 Å². The Balaban J connectivity index is 1.45. The van der Waals surface area contributed by atoms with Gasteiger partial charge < -0.3 is 10.1 Å². The third-order valence-electron chi connectivity index (χ3n) is 5.82. The van der Waals surface area contributed by atoms with Crippen molar-refractivity contribution in [1.29, 1.82) is 0 Å². The van der Waals surface area contributed by atoms with Crippen LogP contribution in [0.3, 0.4) is 0 Å². The fourth-order valence-corrected chi connectivity index (χ4v) is 4.96. The topological polar surface area (TPSA) is 71.0 Å². The van der Waals surface area contributed by atoms with Crippen LogP contribution in [-0.4, -0.2) is 47.3 Å². The van der Waals surface area contributed by atoms with E-state index in [1.165, 1.54) is 23.9 Å². The predicted molar refractivity (Wildman–Crippen MR) is 141 cm³/mol. The van der Waals surface area contributed by atoms with Crippen LogP contribution in [0.1, 0.15) is 17.5 Å². The van der Waals surface area contributed by atoms with Crippen LogP contribution in [0.25, 0.3) is 0 Å². The van der Waals surface area contributed by atoms with Crippen LogP contribution in [0, 0.1) is 5.82 Å². The molecule has 0 radical (unpaired) electrons. The van der Waals surface area contributed by atoms with Crippen molar-refractivity contribution in [1.82, 2.24) is 10.2 Å². The second kappa shape index (κ2) is 12.4. The molecule has 1 heterocycles. The predicted octanol–water partition coefficient (Wildman–Crippen LogP) is 4.76. The molecule has 3 aromatic rings. The molecule has 0 aromatic heterocycles. The molecule has 2 amide bonds. The molecule has 1 atom stereocenters. The zero-order valence-electron chi connectivity index (χ0n) is 20.0. The quantitative estimate of drug-likeness (QED) is 0.455. The van der Waals surface area contributed by atoms with Crippen LogP contribution in [0.5, 0.6) is 5.75 Å². The first kappa shape index (κ1) is 25.4. The van der Waals surface area contributed by atoms with Crippen molar-refractivity contribution in [3.8, 4) is 5.75 Å². The number of halogens is 1. The Morgan fingerprint density at radius 1 is 1.03 bits per heavy atom. The second-order valence-corrected chi connectivity index (χ2v) is 9.52. The molecular weight excluding hydrogens is 477 g/mol. The Morgan fingerprint density at radius 3 is 2.42 bits per heavy atom. The molecule has 1 fully saturated rings. The number of carbonyl (C=O) groups is 2. The fourth-order valence-electron chi connectivity index (χ4n) is 3.81. The SMILES string of the molecule is COc1ccc(CCN2C(=O)CC(C(=O)NCCc3ccccc3)SC2=Nc2ccc(F)cc2)cc1. The van der Waals surface area contributed by atoms with Crippen molar-refractivity contribution in [3.63, 3.8) is 0 Å². The summed E-state index contributed by atoms with van der Waals surface area (Å²) in [5.41, 5.74) is 2.70. The number of nitrogens with one attached hydrogen (secondary N) is 1. The Labute approximate surface area is 214 Å². The molecule has 8 heteroatoms. The van der Waals surface area contributed by atoms with Gasteiger partial charge in [-0.05, 0) is 60.4 Å². The van der Waals surface area contributed by atoms with Gasteiger partial charge in [-0.15, -0.1) is 0 Å². The summed E-state index contributed by atoms with van der Waals surface area (Å²) < 4.78 is 18.6. The number of aliphatic imine (C=N–C) groups is 1. The average molecular weight is 506 g/mol. The van der Waals surface area contributed by atoms with Gasteiger partial charge in [-0.1, -0.05) is 54.2 Å². The van der Waals surface area contributed by atoms with E-state index in [1.54, 1.807) is 24.1 Å². The molecular formula is C28H28FN3O3S. The average Bonchev–Trinajstić information content (AvgIpc) is 2.90. The van der Waals surface area contributed by atoms with Crippen molar-refractivity contribution in [2.24, 2.45) is 4.99 Å². The van der Waals surface area contributed by atoms with Crippen molar-refractivity contribution in [3.05, 3.63) is 95.8 Å². The lowest BCUT2D eigenvalue weighted by molar-refractivity contribution is -0.130. The summed E-state index contributed by atoms with van der Waals surface area (Å²) in [5.74, 6) is 0.0543. The van der Waals surface area contributed by atoms with Crippen LogP contribution in [-0.2, 0) is 22.4 Å². The lowest BCUT2D eigenvalue weighted by Gasteiger charge is -2.32. The van der Waals surface area contributed by atoms with E-state index in [0.717, 1.165) is 16.9 Å². The minimum absolute atomic E-state index is 0.0902. The number of carbonyl (C=O) groups excluding carboxylic acids is 2. The van der Waals surface area contributed by atoms with Gasteiger partial charge in [0.2, 0.25) is 11.8 Å². The molecule has 0 bridgehead atoms. The fraction of sp³-hybridized carbons (Fsp3) is 0.250. The first-order valence-electron chi connectivity index (χ1n) is 11.8. The molecule has 0 saturated carbocycles. The van der Waals surface area contributed by atoms with Gasteiger partial charge in [-0.25, -0.2) is 9.38 Å². The maximum absolute atomic E-state index is 13.4. The first-order chi connectivity index (χ1) is 17.5. The number of thioether (sulfide) groups is 1. The highest BCUT2D eigenvalue weighted by molar-refractivity contribution is 8.15. The Hall–Kier alpha value is -3.65. The zero-order chi connectivity index (χ0) is 25.3. The normalized spacial score (nSPS) is 16.7. The number of hydrogen-bond donors (Lipinski definition) is 1. The van der Waals surface area contributed by atoms with Gasteiger partial charge in [0.15, 0.2) is 5.17 Å². The van der Waals surface area contributed by atoms with Gasteiger partial charge in [-0.2, -0.15) is 0 Å². The lowest BCUT2D eigenvalue weighted by atomic mass is 10.1. The van der Waals surface area contributed by atoms with E-state index < -0.39 is 5.25 Å². The van der Waals surface area contributed by atoms with Crippen LogP contribution < -0.4 is 10.1 Å². The summed E-state index contributed by atoms with van der Waals surface area (Å²) in [6.07, 6.45) is 1.42. The summed E-state index contributed by atoms with van der Waals surface area (Å²) in [6.45, 7) is 0.903. The number of amides is 2. The van der Waals surface area contributed by atoms with Gasteiger partial charge in [0.25, 0.3) is 0 Å². The molecule has 1 saturated heterocycles. The van der Waals surface area contributed by atoms with Crippen molar-refractivity contribution >= 4 is 34.4 Å². The maximum Gasteiger partial charge on any atom is 0.234 e. The maximum atomic E-state index is 13.4. The summed E-state index contributed by atoms with van der Waals surface area (Å²) in [6, 6.07) is 23.3. The molecule has 186 valence electrons. The number of methoxy groups -OCH3 is 1. The van der Waals surface area contributed by atoms with E-state index in [2.05, 4.69) is 10.3 Å². The number of rotatable bonds is 9. The molecule has 1 N–H and O–H groups in total. The summed E-state index contributed by atoms with van der Waals surface area (Å²) in [4.78, 5) is 32.3. The monoisotopic (exact) mass is 505 g/mol. The van der Waals surface area contributed by atoms with Gasteiger partial charge in [-0.3, -0.25) is 14.5 Å². The molecule has 4 rings (SSSR count). The highest BCUT2D eigenvalue weighted by atomic mass is 32.2. The second-order valence-electron chi connectivity index (χ2n) is 8.35. The van der Waals surface area contributed by atoms with Gasteiger partial charge >= 0.3 is 0 Å². The number of hydrogen-bond acceptors (Lipinski definition) is 5. The summed E-state index contributed by atoms with van der Waals surface area (Å²) >= 11 is 1.27. The van der Waals surface area contributed by atoms with E-state index in [9.17, 15) is 14.0 Å². The highest BCUT2D eigenvalue weighted by Crippen LogP contribution is 2.29. The van der Waals surface area contributed by atoms with Gasteiger partial charge in [0, 0.05) is 19.5 Å². The molecule has 36 heavy (non-hydrogen) atoms. The van der Waals surface area contributed by atoms with Crippen LogP contribution in [0.4, 0.5) is 10.1 Å². The molecule has 0 aliphatic carbocycles. The van der Waals surface area contributed by atoms with Crippen LogP contribution >= 0.6 is 11.8 Å². The number of nitrogens with zero attached hydrogens (tertiary/aromatic N) is 2. The smallest absolute Gasteiger partial charge is 0.234 e. The van der Waals surface area contributed by atoms with E-state index in [1.807, 2.05) is 54.6 Å². The number of amidine groups is 1. The summed E-state index contributed by atoms with van der Waals surface area (Å²) in [7, 11) is 1.62. The lowest BCUT2D eigenvalue weighted by Crippen LogP contribution is -2.47. The van der Waals surface area contributed by atoms with Crippen molar-refractivity contribution in [2.45, 2.75) is 24.5 Å². The first-order valence-corrected chi connectivity index (χ1v) is 12.7. The molecule has 0 spiro atoms. The standard InChI is InChI=1S/C28H28FN3O3S/c1-35-24-13-7-21(8-14-24)16-18-32-26(33)19-25(27(34)30-17-15-20-5-3-2-4-6-20)36-28(32)31-23-11-9-22(29)10-12-23/h2-14,25H,15-19H2,1H3,(H,30,34). The molecule has 1 aliphatic rings. The van der Waals surface area contributed by atoms with Gasteiger partial charge in [0.05, 0.1) is 18.0 Å². The van der Waals surface area contributed by atoms with E-state index >= 15 is 0 Å². The van der Waals surface area contributed by atoms with Crippen molar-refractivity contribution in [2.75, 3.05) is 20.2 Å². The third-order valence-corrected chi connectivity index (χ3v) is 7.01. The largest absolute Gasteiger partial charge is 0.497 e. The molecule has 1 unspecified atom stereocenters. The Kier molecular flexibility index (Phi) is 8.73. The molecule has 1 aliphatic heterocycles. The molecule has 3 aromatic carbocycles. The van der Waals surface area contributed by atoms with Crippen LogP contribution in [0.15, 0.2) is 83.9 Å². The third kappa shape index (κ3) is 6.95. The zero-order valence-corrected chi connectivity index (χ0v) is 20.8. The minimum Gasteiger partial charge on any atom is -0.497 e. The minimum atomic E-state index is -0.579.